The van der Waals surface area contributed by atoms with E-state index in [9.17, 15) is 10.5 Å². The topological polar surface area (TPSA) is 268 Å². The first-order chi connectivity index (χ1) is 30.7. The van der Waals surface area contributed by atoms with Crippen LogP contribution in [0.4, 0.5) is 11.6 Å². The van der Waals surface area contributed by atoms with E-state index in [0.717, 1.165) is 58.9 Å². The van der Waals surface area contributed by atoms with Crippen LogP contribution in [-0.4, -0.2) is 99.3 Å². The predicted octanol–water partition coefficient (Wildman–Crippen LogP) is 6.66. The molecule has 0 spiro atoms. The van der Waals surface area contributed by atoms with Gasteiger partial charge in [0.05, 0.1) is 72.2 Å². The Morgan fingerprint density at radius 3 is 1.75 bits per heavy atom. The number of nitriles is 2. The van der Waals surface area contributed by atoms with Crippen molar-refractivity contribution in [3.05, 3.63) is 106 Å². The number of aromatic nitrogens is 6. The standard InChI is InChI=1S/C24H29N9O.C19H19N9O/c1-4-34-19-9-20(24-18(10-25)12-29-33(24)13-19)17-5-6-23(28-11-17)32-14-21(22(15-32)30-31-26)27-8-7-16(2)3;1-2-29-14-5-15(19-13(6-20)8-24-28(19)9-14)12-3-4-18(23-7-12)27-10-16(21)17(11-27)25-26-22/h5-6,9,11-13,16,21-22,27H,4,7-8,14-15H2,1-3H3;3-5,7-9,16-17H,2,10-11,21H2,1H3/t21-,22-;16-,17-/m11/s1. The Morgan fingerprint density at radius 2 is 1.29 bits per heavy atom. The molecule has 0 unspecified atom stereocenters. The summed E-state index contributed by atoms with van der Waals surface area (Å²) in [5, 5.41) is 38.9. The Balaban J connectivity index is 0.000000191. The third-order valence-electron chi connectivity index (χ3n) is 11.0. The van der Waals surface area contributed by atoms with Crippen molar-refractivity contribution >= 4 is 22.7 Å². The molecule has 20 nitrogen and oxygen atoms in total. The molecule has 4 atom stereocenters. The minimum absolute atomic E-state index is 0.0867. The lowest BCUT2D eigenvalue weighted by Gasteiger charge is -2.19. The molecule has 3 N–H and O–H groups in total. The Morgan fingerprint density at radius 1 is 0.778 bits per heavy atom. The van der Waals surface area contributed by atoms with E-state index in [1.165, 1.54) is 6.20 Å². The average Bonchev–Trinajstić information content (AvgIpc) is 4.09. The number of pyridine rings is 4. The largest absolute Gasteiger partial charge is 0.492 e. The van der Waals surface area contributed by atoms with Gasteiger partial charge in [0, 0.05) is 82.7 Å². The zero-order chi connectivity index (χ0) is 44.5. The molecule has 0 aliphatic carbocycles. The second-order valence-electron chi connectivity index (χ2n) is 15.5. The second kappa shape index (κ2) is 19.9. The normalized spacial score (nSPS) is 18.0. The molecule has 8 heterocycles. The van der Waals surface area contributed by atoms with Gasteiger partial charge in [0.2, 0.25) is 0 Å². The molecule has 63 heavy (non-hydrogen) atoms. The minimum Gasteiger partial charge on any atom is -0.492 e. The Labute approximate surface area is 363 Å². The fourth-order valence-corrected chi connectivity index (χ4v) is 7.86. The van der Waals surface area contributed by atoms with Gasteiger partial charge in [-0.15, -0.1) is 0 Å². The molecule has 6 aromatic heterocycles. The molecule has 322 valence electrons. The molecular weight excluding hydrogens is 801 g/mol. The molecule has 8 rings (SSSR count). The highest BCUT2D eigenvalue weighted by atomic mass is 16.5. The van der Waals surface area contributed by atoms with Gasteiger partial charge in [0.25, 0.3) is 0 Å². The lowest BCUT2D eigenvalue weighted by molar-refractivity contribution is 0.338. The van der Waals surface area contributed by atoms with E-state index in [1.807, 2.05) is 55.1 Å². The smallest absolute Gasteiger partial charge is 0.138 e. The summed E-state index contributed by atoms with van der Waals surface area (Å²) in [4.78, 5) is 19.3. The van der Waals surface area contributed by atoms with Crippen LogP contribution < -0.4 is 30.3 Å². The quantitative estimate of drug-likeness (QED) is 0.0661. The number of hydrogen-bond acceptors (Lipinski definition) is 14. The molecule has 2 fully saturated rings. The first-order valence-corrected chi connectivity index (χ1v) is 20.8. The number of rotatable bonds is 14. The summed E-state index contributed by atoms with van der Waals surface area (Å²) in [5.74, 6) is 3.53. The summed E-state index contributed by atoms with van der Waals surface area (Å²) in [7, 11) is 0. The molecular formula is C43H48N18O2. The molecule has 0 saturated carbocycles. The third kappa shape index (κ3) is 9.65. The maximum absolute atomic E-state index is 9.54. The molecule has 0 bridgehead atoms. The van der Waals surface area contributed by atoms with Gasteiger partial charge in [0.1, 0.15) is 35.3 Å². The van der Waals surface area contributed by atoms with E-state index in [4.69, 9.17) is 31.3 Å². The molecule has 0 amide bonds. The second-order valence-corrected chi connectivity index (χ2v) is 15.5. The van der Waals surface area contributed by atoms with Crippen LogP contribution in [0, 0.1) is 28.6 Å². The SMILES string of the molecule is CCOc1cc(-c2ccc(N3C[C@@H](N)[C@H](N=[N+]=[N-])C3)nc2)c2c(C#N)cnn2c1.CCOc1cc(-c2ccc(N3C[C@@H](N=[N+]=[N-])[C@H](NCCC(C)C)C3)nc2)c2c(C#N)cnn2c1. The zero-order valence-corrected chi connectivity index (χ0v) is 35.5. The molecule has 0 radical (unpaired) electrons. The number of nitrogens with zero attached hydrogens (tertiary/aromatic N) is 16. The highest BCUT2D eigenvalue weighted by molar-refractivity contribution is 5.86. The number of fused-ring (bicyclic) bond motifs is 2. The van der Waals surface area contributed by atoms with Crippen LogP contribution in [-0.2, 0) is 0 Å². The van der Waals surface area contributed by atoms with Crippen LogP contribution >= 0.6 is 0 Å². The number of anilines is 2. The van der Waals surface area contributed by atoms with Crippen LogP contribution in [0.3, 0.4) is 0 Å². The van der Waals surface area contributed by atoms with Gasteiger partial charge in [-0.05, 0) is 80.2 Å². The van der Waals surface area contributed by atoms with Gasteiger partial charge in [0.15, 0.2) is 0 Å². The molecule has 2 aliphatic rings. The van der Waals surface area contributed by atoms with Gasteiger partial charge >= 0.3 is 0 Å². The van der Waals surface area contributed by atoms with Gasteiger partial charge < -0.3 is 30.3 Å². The van der Waals surface area contributed by atoms with Crippen LogP contribution in [0.15, 0.2) is 83.8 Å². The number of hydrogen-bond donors (Lipinski definition) is 2. The molecule has 0 aromatic carbocycles. The highest BCUT2D eigenvalue weighted by Gasteiger charge is 2.33. The minimum atomic E-state index is -0.269. The van der Waals surface area contributed by atoms with E-state index < -0.39 is 0 Å². The molecule has 2 saturated heterocycles. The van der Waals surface area contributed by atoms with E-state index >= 15 is 0 Å². The van der Waals surface area contributed by atoms with Crippen LogP contribution in [0.25, 0.3) is 54.2 Å². The van der Waals surface area contributed by atoms with Crippen molar-refractivity contribution in [2.75, 3.05) is 55.7 Å². The van der Waals surface area contributed by atoms with Crippen molar-refractivity contribution in [2.45, 2.75) is 58.3 Å². The molecule has 2 aliphatic heterocycles. The predicted molar refractivity (Wildman–Crippen MR) is 238 cm³/mol. The monoisotopic (exact) mass is 848 g/mol. The molecule has 20 heteroatoms. The fourth-order valence-electron chi connectivity index (χ4n) is 7.86. The van der Waals surface area contributed by atoms with E-state index in [2.05, 4.69) is 71.4 Å². The maximum atomic E-state index is 9.54. The van der Waals surface area contributed by atoms with Gasteiger partial charge in [-0.3, -0.25) is 0 Å². The van der Waals surface area contributed by atoms with E-state index in [-0.39, 0.29) is 24.2 Å². The third-order valence-corrected chi connectivity index (χ3v) is 11.0. The summed E-state index contributed by atoms with van der Waals surface area (Å²) in [6.07, 6.45) is 11.3. The zero-order valence-electron chi connectivity index (χ0n) is 35.5. The van der Waals surface area contributed by atoms with Crippen LogP contribution in [0.2, 0.25) is 0 Å². The van der Waals surface area contributed by atoms with Crippen LogP contribution in [0.5, 0.6) is 11.5 Å². The number of azide groups is 2. The Hall–Kier alpha value is -7.60. The summed E-state index contributed by atoms with van der Waals surface area (Å²) < 4.78 is 14.7. The summed E-state index contributed by atoms with van der Waals surface area (Å²) in [6.45, 7) is 12.6. The van der Waals surface area contributed by atoms with Crippen molar-refractivity contribution in [3.63, 3.8) is 0 Å². The Bertz CT molecular complexity index is 2720. The van der Waals surface area contributed by atoms with Gasteiger partial charge in [-0.2, -0.15) is 20.7 Å². The first-order valence-electron chi connectivity index (χ1n) is 20.8. The van der Waals surface area contributed by atoms with Gasteiger partial charge in [-0.25, -0.2) is 19.0 Å². The highest BCUT2D eigenvalue weighted by Crippen LogP contribution is 2.34. The first kappa shape index (κ1) is 43.5. The van der Waals surface area contributed by atoms with Crippen molar-refractivity contribution in [3.8, 4) is 45.9 Å². The fraction of sp³-hybridized carbons (Fsp3) is 0.395. The lowest BCUT2D eigenvalue weighted by Crippen LogP contribution is -2.39. The van der Waals surface area contributed by atoms with Crippen molar-refractivity contribution in [2.24, 2.45) is 21.9 Å². The van der Waals surface area contributed by atoms with Crippen LogP contribution in [0.1, 0.15) is 45.2 Å². The summed E-state index contributed by atoms with van der Waals surface area (Å²) in [5.41, 5.74) is 29.5. The number of ether oxygens (including phenoxy) is 2. The van der Waals surface area contributed by atoms with E-state index in [0.29, 0.717) is 66.9 Å². The van der Waals surface area contributed by atoms with Crippen molar-refractivity contribution in [1.82, 2.24) is 34.5 Å². The Kier molecular flexibility index (Phi) is 13.7. The summed E-state index contributed by atoms with van der Waals surface area (Å²) >= 11 is 0. The van der Waals surface area contributed by atoms with Gasteiger partial charge in [-0.1, -0.05) is 24.1 Å². The maximum Gasteiger partial charge on any atom is 0.138 e. The summed E-state index contributed by atoms with van der Waals surface area (Å²) in [6, 6.07) is 15.4. The van der Waals surface area contributed by atoms with Crippen molar-refractivity contribution in [1.29, 1.82) is 10.5 Å². The lowest BCUT2D eigenvalue weighted by atomic mass is 10.1. The number of nitrogens with one attached hydrogen (secondary N) is 1. The number of nitrogens with two attached hydrogens (primary N) is 1. The van der Waals surface area contributed by atoms with Crippen molar-refractivity contribution < 1.29 is 9.47 Å². The van der Waals surface area contributed by atoms with E-state index in [1.54, 1.807) is 40.0 Å². The average molecular weight is 849 g/mol. The molecule has 6 aromatic rings.